The van der Waals surface area contributed by atoms with Gasteiger partial charge in [0, 0.05) is 0 Å². The van der Waals surface area contributed by atoms with Gasteiger partial charge in [-0.15, -0.1) is 0 Å². The number of carbonyl (C=O) groups excluding carboxylic acids is 1. The standard InChI is InChI=1S/C31H38O5Se/c1-23(20-35-21-25-14-8-5-9-15-25)28(36-22-26-16-10-6-11-17-26)24(2)29(32)31(3,30(33)34-4)37-27-18-12-7-13-19-27/h5-19,23-24,28-29,32H,20-22H2,1-4H3/t23-,24-,28-,29-,31-/m0/s1. The van der Waals surface area contributed by atoms with Crippen LogP contribution in [0.4, 0.5) is 0 Å². The molecule has 0 aliphatic rings. The van der Waals surface area contributed by atoms with E-state index in [9.17, 15) is 9.90 Å². The normalized spacial score (nSPS) is 16.2. The van der Waals surface area contributed by atoms with Crippen molar-refractivity contribution >= 4 is 25.4 Å². The molecule has 5 atom stereocenters. The molecular weight excluding hydrogens is 531 g/mol. The van der Waals surface area contributed by atoms with Crippen LogP contribution in [-0.4, -0.2) is 52.0 Å². The molecule has 0 aromatic heterocycles. The Kier molecular flexibility index (Phi) is 11.4. The zero-order valence-electron chi connectivity index (χ0n) is 22.1. The number of esters is 1. The second-order valence-corrected chi connectivity index (χ2v) is 12.8. The number of aliphatic hydroxyl groups excluding tert-OH is 1. The average Bonchev–Trinajstić information content (AvgIpc) is 2.93. The van der Waals surface area contributed by atoms with E-state index in [4.69, 9.17) is 14.2 Å². The fourth-order valence-electron chi connectivity index (χ4n) is 4.47. The third-order valence-corrected chi connectivity index (χ3v) is 9.39. The van der Waals surface area contributed by atoms with Crippen molar-refractivity contribution in [3.05, 3.63) is 102 Å². The Hall–Kier alpha value is -2.47. The molecule has 3 rings (SSSR count). The number of rotatable bonds is 14. The van der Waals surface area contributed by atoms with Gasteiger partial charge in [0.1, 0.15) is 0 Å². The van der Waals surface area contributed by atoms with E-state index in [2.05, 4.69) is 6.92 Å². The summed E-state index contributed by atoms with van der Waals surface area (Å²) in [6.07, 6.45) is -1.32. The molecule has 0 aliphatic carbocycles. The van der Waals surface area contributed by atoms with Crippen LogP contribution < -0.4 is 4.46 Å². The number of hydrogen-bond acceptors (Lipinski definition) is 5. The van der Waals surface area contributed by atoms with Gasteiger partial charge in [0.15, 0.2) is 0 Å². The Labute approximate surface area is 227 Å². The molecule has 0 unspecified atom stereocenters. The zero-order chi connectivity index (χ0) is 26.7. The monoisotopic (exact) mass is 570 g/mol. The molecule has 0 saturated carbocycles. The number of benzene rings is 3. The van der Waals surface area contributed by atoms with E-state index in [-0.39, 0.29) is 32.9 Å². The van der Waals surface area contributed by atoms with Crippen LogP contribution in [0, 0.1) is 11.8 Å². The first-order valence-corrected chi connectivity index (χ1v) is 14.3. The van der Waals surface area contributed by atoms with Gasteiger partial charge in [-0.2, -0.15) is 0 Å². The number of methoxy groups -OCH3 is 1. The van der Waals surface area contributed by atoms with Gasteiger partial charge in [-0.25, -0.2) is 0 Å². The average molecular weight is 570 g/mol. The van der Waals surface area contributed by atoms with Gasteiger partial charge in [-0.1, -0.05) is 0 Å². The molecule has 0 radical (unpaired) electrons. The minimum absolute atomic E-state index is 0.0248. The Morgan fingerprint density at radius 1 is 0.865 bits per heavy atom. The topological polar surface area (TPSA) is 65.0 Å². The van der Waals surface area contributed by atoms with Gasteiger partial charge < -0.3 is 0 Å². The van der Waals surface area contributed by atoms with Crippen LogP contribution in [0.15, 0.2) is 91.0 Å². The second-order valence-electron chi connectivity index (χ2n) is 9.56. The molecule has 3 aromatic carbocycles. The molecular formula is C31H38O5Se. The summed E-state index contributed by atoms with van der Waals surface area (Å²) in [4.78, 5) is 13.1. The fraction of sp³-hybridized carbons (Fsp3) is 0.387. The molecule has 0 aliphatic heterocycles. The van der Waals surface area contributed by atoms with Crippen molar-refractivity contribution in [2.24, 2.45) is 11.8 Å². The zero-order valence-corrected chi connectivity index (χ0v) is 23.8. The number of hydrogen-bond donors (Lipinski definition) is 1. The van der Waals surface area contributed by atoms with Gasteiger partial charge in [0.2, 0.25) is 0 Å². The predicted octanol–water partition coefficient (Wildman–Crippen LogP) is 4.80. The summed E-state index contributed by atoms with van der Waals surface area (Å²) in [5.74, 6) is -0.789. The molecule has 0 amide bonds. The Morgan fingerprint density at radius 2 is 1.38 bits per heavy atom. The molecule has 6 heteroatoms. The Morgan fingerprint density at radius 3 is 1.92 bits per heavy atom. The Bertz CT molecular complexity index is 1060. The van der Waals surface area contributed by atoms with Crippen molar-refractivity contribution < 1.29 is 24.1 Å². The third kappa shape index (κ3) is 8.26. The van der Waals surface area contributed by atoms with Crippen molar-refractivity contribution in [1.29, 1.82) is 0 Å². The first-order chi connectivity index (χ1) is 17.8. The summed E-state index contributed by atoms with van der Waals surface area (Å²) >= 11 is -0.355. The van der Waals surface area contributed by atoms with Crippen LogP contribution in [0.5, 0.6) is 0 Å². The summed E-state index contributed by atoms with van der Waals surface area (Å²) in [6.45, 7) is 7.20. The molecule has 0 heterocycles. The van der Waals surface area contributed by atoms with E-state index in [0.29, 0.717) is 19.8 Å². The SMILES string of the molecule is COC(=O)[C@@](C)([Se]c1ccccc1)[C@@H](O)[C@@H](C)[C@@H](OCc1ccccc1)[C@@H](C)COCc1ccccc1. The number of ether oxygens (including phenoxy) is 3. The van der Waals surface area contributed by atoms with E-state index in [1.54, 1.807) is 6.92 Å². The number of carbonyl (C=O) groups is 1. The molecule has 0 saturated heterocycles. The van der Waals surface area contributed by atoms with Gasteiger partial charge in [-0.3, -0.25) is 0 Å². The van der Waals surface area contributed by atoms with E-state index >= 15 is 0 Å². The van der Waals surface area contributed by atoms with Crippen LogP contribution in [0.25, 0.3) is 0 Å². The van der Waals surface area contributed by atoms with E-state index < -0.39 is 16.4 Å². The van der Waals surface area contributed by atoms with Crippen LogP contribution in [0.2, 0.25) is 4.31 Å². The van der Waals surface area contributed by atoms with Crippen molar-refractivity contribution in [2.45, 2.75) is 50.5 Å². The van der Waals surface area contributed by atoms with Gasteiger partial charge in [0.25, 0.3) is 0 Å². The third-order valence-electron chi connectivity index (χ3n) is 6.58. The van der Waals surface area contributed by atoms with Crippen molar-refractivity contribution in [2.75, 3.05) is 13.7 Å². The molecule has 3 aromatic rings. The first kappa shape index (κ1) is 29.1. The molecule has 5 nitrogen and oxygen atoms in total. The summed E-state index contributed by atoms with van der Waals surface area (Å²) < 4.78 is 17.6. The molecule has 1 N–H and O–H groups in total. The quantitative estimate of drug-likeness (QED) is 0.223. The Balaban J connectivity index is 1.79. The first-order valence-electron chi connectivity index (χ1n) is 12.6. The van der Waals surface area contributed by atoms with E-state index in [1.165, 1.54) is 7.11 Å². The molecule has 198 valence electrons. The van der Waals surface area contributed by atoms with Crippen LogP contribution >= 0.6 is 0 Å². The van der Waals surface area contributed by atoms with Crippen LogP contribution in [0.3, 0.4) is 0 Å². The second kappa shape index (κ2) is 14.5. The number of aliphatic hydroxyl groups is 1. The van der Waals surface area contributed by atoms with E-state index in [1.807, 2.05) is 97.9 Å². The van der Waals surface area contributed by atoms with Crippen molar-refractivity contribution in [1.82, 2.24) is 0 Å². The van der Waals surface area contributed by atoms with Gasteiger partial charge in [-0.05, 0) is 0 Å². The summed E-state index contributed by atoms with van der Waals surface area (Å²) in [5.41, 5.74) is 2.16. The van der Waals surface area contributed by atoms with Gasteiger partial charge in [0.05, 0.1) is 0 Å². The summed E-state index contributed by atoms with van der Waals surface area (Å²) in [5, 5.41) is 11.7. The maximum atomic E-state index is 13.1. The molecule has 0 bridgehead atoms. The fourth-order valence-corrected chi connectivity index (χ4v) is 7.17. The summed E-state index contributed by atoms with van der Waals surface area (Å²) in [6, 6.07) is 29.8. The van der Waals surface area contributed by atoms with Crippen LogP contribution in [-0.2, 0) is 32.2 Å². The van der Waals surface area contributed by atoms with Crippen molar-refractivity contribution in [3.63, 3.8) is 0 Å². The predicted molar refractivity (Wildman–Crippen MR) is 148 cm³/mol. The van der Waals surface area contributed by atoms with Gasteiger partial charge >= 0.3 is 228 Å². The van der Waals surface area contributed by atoms with E-state index in [0.717, 1.165) is 15.6 Å². The molecule has 0 spiro atoms. The molecule has 0 fully saturated rings. The van der Waals surface area contributed by atoms with Crippen molar-refractivity contribution in [3.8, 4) is 0 Å². The molecule has 37 heavy (non-hydrogen) atoms. The summed E-state index contributed by atoms with van der Waals surface area (Å²) in [7, 11) is 1.38. The minimum atomic E-state index is -1.08. The maximum absolute atomic E-state index is 13.1. The van der Waals surface area contributed by atoms with Crippen LogP contribution in [0.1, 0.15) is 31.9 Å².